The van der Waals surface area contributed by atoms with Crippen molar-refractivity contribution in [2.45, 2.75) is 24.5 Å². The third kappa shape index (κ3) is 5.39. The topological polar surface area (TPSA) is 46.9 Å². The average molecular weight is 552 g/mol. The molecule has 16 heteroatoms. The van der Waals surface area contributed by atoms with Crippen LogP contribution in [0.25, 0.3) is 5.69 Å². The molecule has 0 spiro atoms. The number of hydrogen-bond acceptors (Lipinski definition) is 3. The molecule has 0 radical (unpaired) electrons. The molecule has 0 aliphatic rings. The van der Waals surface area contributed by atoms with Gasteiger partial charge in [0.05, 0.1) is 22.5 Å². The molecule has 194 valence electrons. The van der Waals surface area contributed by atoms with Crippen LogP contribution in [0.1, 0.15) is 16.8 Å². The van der Waals surface area contributed by atoms with E-state index in [1.165, 1.54) is 0 Å². The predicted molar refractivity (Wildman–Crippen MR) is 105 cm³/mol. The summed E-state index contributed by atoms with van der Waals surface area (Å²) < 4.78 is 146. The number of benzene rings is 2. The van der Waals surface area contributed by atoms with Crippen LogP contribution >= 0.6 is 11.6 Å². The second kappa shape index (κ2) is 8.94. The van der Waals surface area contributed by atoms with Gasteiger partial charge in [0.25, 0.3) is 5.56 Å². The van der Waals surface area contributed by atoms with Gasteiger partial charge in [-0.2, -0.15) is 48.3 Å². The molecule has 0 atom stereocenters. The Hall–Kier alpha value is -3.36. The molecule has 1 heterocycles. The second-order valence-electron chi connectivity index (χ2n) is 7.07. The first-order chi connectivity index (χ1) is 16.3. The molecule has 0 aliphatic carbocycles. The molecular weight excluding hydrogens is 543 g/mol. The van der Waals surface area contributed by atoms with Gasteiger partial charge in [-0.05, 0) is 42.5 Å². The van der Waals surface area contributed by atoms with Gasteiger partial charge in [-0.1, -0.05) is 11.6 Å². The Morgan fingerprint density at radius 1 is 0.778 bits per heavy atom. The lowest BCUT2D eigenvalue weighted by Gasteiger charge is -2.22. The van der Waals surface area contributed by atoms with Gasteiger partial charge in [0.15, 0.2) is 0 Å². The summed E-state index contributed by atoms with van der Waals surface area (Å²) >= 11 is 5.71. The van der Waals surface area contributed by atoms with Crippen LogP contribution in [0.2, 0.25) is 5.02 Å². The minimum Gasteiger partial charge on any atom is -0.325 e. The molecule has 1 N–H and O–H groups in total. The van der Waals surface area contributed by atoms with Crippen LogP contribution in [0.4, 0.5) is 59.9 Å². The highest BCUT2D eigenvalue weighted by Crippen LogP contribution is 2.44. The van der Waals surface area contributed by atoms with Gasteiger partial charge in [0, 0.05) is 11.1 Å². The van der Waals surface area contributed by atoms with Crippen LogP contribution in [0.15, 0.2) is 53.3 Å². The summed E-state index contributed by atoms with van der Waals surface area (Å²) in [5.41, 5.74) is -8.90. The molecule has 0 amide bonds. The number of nitrogens with zero attached hydrogens (tertiary/aromatic N) is 2. The van der Waals surface area contributed by atoms with Gasteiger partial charge in [0.2, 0.25) is 5.95 Å². The summed E-state index contributed by atoms with van der Waals surface area (Å²) in [5, 5.41) is 1.87. The van der Waals surface area contributed by atoms with E-state index in [1.807, 2.05) is 0 Å². The van der Waals surface area contributed by atoms with E-state index in [0.29, 0.717) is 4.57 Å². The highest BCUT2D eigenvalue weighted by atomic mass is 35.5. The van der Waals surface area contributed by atoms with Crippen molar-refractivity contribution < 1.29 is 48.3 Å². The van der Waals surface area contributed by atoms with Gasteiger partial charge >= 0.3 is 24.5 Å². The van der Waals surface area contributed by atoms with E-state index in [2.05, 4.69) is 4.98 Å². The summed E-state index contributed by atoms with van der Waals surface area (Å²) in [5.74, 6) is -6.97. The molecule has 0 saturated heterocycles. The molecule has 3 rings (SSSR count). The smallest absolute Gasteiger partial charge is 0.325 e. The fraction of sp³-hybridized carbons (Fsp3) is 0.200. The molecule has 0 saturated carbocycles. The van der Waals surface area contributed by atoms with Crippen LogP contribution < -0.4 is 10.9 Å². The fourth-order valence-electron chi connectivity index (χ4n) is 2.90. The second-order valence-corrected chi connectivity index (χ2v) is 7.50. The Morgan fingerprint density at radius 2 is 1.36 bits per heavy atom. The number of alkyl halides is 11. The van der Waals surface area contributed by atoms with Crippen molar-refractivity contribution in [1.29, 1.82) is 0 Å². The normalized spacial score (nSPS) is 13.1. The summed E-state index contributed by atoms with van der Waals surface area (Å²) in [4.78, 5) is 15.6. The number of anilines is 2. The number of nitrogens with one attached hydrogen (secondary N) is 1. The Labute approximate surface area is 197 Å². The minimum atomic E-state index is -6.23. The molecule has 3 aromatic rings. The molecule has 0 aliphatic heterocycles. The Kier molecular flexibility index (Phi) is 6.76. The Balaban J connectivity index is 2.30. The van der Waals surface area contributed by atoms with E-state index >= 15 is 0 Å². The summed E-state index contributed by atoms with van der Waals surface area (Å²) in [6.45, 7) is 0. The zero-order chi connectivity index (χ0) is 27.3. The number of halogens is 12. The van der Waals surface area contributed by atoms with Crippen LogP contribution in [0, 0.1) is 0 Å². The maximum absolute atomic E-state index is 13.9. The largest absolute Gasteiger partial charge is 0.459 e. The van der Waals surface area contributed by atoms with Crippen molar-refractivity contribution in [2.24, 2.45) is 0 Å². The SMILES string of the molecule is O=c1cc(C(F)(F)C(F)(F)F)nc(Nc2ccc(C(F)(F)F)cc2C(F)(F)F)n1-c1ccc(Cl)cc1. The zero-order valence-corrected chi connectivity index (χ0v) is 17.7. The lowest BCUT2D eigenvalue weighted by atomic mass is 10.1. The van der Waals surface area contributed by atoms with E-state index in [-0.39, 0.29) is 35.0 Å². The van der Waals surface area contributed by atoms with E-state index in [0.717, 1.165) is 24.3 Å². The molecule has 4 nitrogen and oxygen atoms in total. The van der Waals surface area contributed by atoms with Gasteiger partial charge in [0.1, 0.15) is 5.69 Å². The third-order valence-corrected chi connectivity index (χ3v) is 4.83. The van der Waals surface area contributed by atoms with Gasteiger partial charge in [-0.25, -0.2) is 9.55 Å². The molecule has 0 unspecified atom stereocenters. The highest BCUT2D eigenvalue weighted by Gasteiger charge is 2.60. The average Bonchev–Trinajstić information content (AvgIpc) is 2.72. The van der Waals surface area contributed by atoms with E-state index < -0.39 is 58.5 Å². The van der Waals surface area contributed by atoms with Crippen LogP contribution in [-0.4, -0.2) is 15.7 Å². The van der Waals surface area contributed by atoms with Crippen molar-refractivity contribution in [3.05, 3.63) is 80.7 Å². The number of rotatable bonds is 4. The van der Waals surface area contributed by atoms with Crippen molar-refractivity contribution in [3.8, 4) is 5.69 Å². The molecule has 1 aromatic heterocycles. The first kappa shape index (κ1) is 27.2. The minimum absolute atomic E-state index is 0.0941. The molecule has 0 fully saturated rings. The van der Waals surface area contributed by atoms with E-state index in [9.17, 15) is 53.1 Å². The standard InChI is InChI=1S/C20H9ClF11N3O/c21-10-2-4-11(5-3-10)35-15(36)8-14(17(22,23)20(30,31)32)34-16(35)33-13-6-1-9(18(24,25)26)7-12(13)19(27,28)29/h1-8H,(H,33,34). The maximum atomic E-state index is 13.9. The van der Waals surface area contributed by atoms with E-state index in [4.69, 9.17) is 11.6 Å². The summed E-state index contributed by atoms with van der Waals surface area (Å²) in [7, 11) is 0. The van der Waals surface area contributed by atoms with Crippen LogP contribution in [0.5, 0.6) is 0 Å². The first-order valence-electron chi connectivity index (χ1n) is 9.23. The zero-order valence-electron chi connectivity index (χ0n) is 17.0. The van der Waals surface area contributed by atoms with Crippen LogP contribution in [-0.2, 0) is 18.3 Å². The predicted octanol–water partition coefficient (Wildman–Crippen LogP) is 7.32. The summed E-state index contributed by atoms with van der Waals surface area (Å²) in [6, 6.07) is 4.43. The maximum Gasteiger partial charge on any atom is 0.459 e. The molecular formula is C20H9ClF11N3O. The number of aromatic nitrogens is 2. The lowest BCUT2D eigenvalue weighted by molar-refractivity contribution is -0.291. The Bertz CT molecular complexity index is 1330. The lowest BCUT2D eigenvalue weighted by Crippen LogP contribution is -2.37. The number of hydrogen-bond donors (Lipinski definition) is 1. The van der Waals surface area contributed by atoms with Crippen molar-refractivity contribution >= 4 is 23.2 Å². The van der Waals surface area contributed by atoms with Crippen molar-refractivity contribution in [1.82, 2.24) is 9.55 Å². The molecule has 36 heavy (non-hydrogen) atoms. The van der Waals surface area contributed by atoms with Gasteiger partial charge < -0.3 is 5.32 Å². The molecule has 2 aromatic carbocycles. The van der Waals surface area contributed by atoms with E-state index in [1.54, 1.807) is 5.32 Å². The fourth-order valence-corrected chi connectivity index (χ4v) is 3.02. The monoisotopic (exact) mass is 551 g/mol. The first-order valence-corrected chi connectivity index (χ1v) is 9.60. The third-order valence-electron chi connectivity index (χ3n) is 4.58. The van der Waals surface area contributed by atoms with Gasteiger partial charge in [-0.3, -0.25) is 4.79 Å². The summed E-state index contributed by atoms with van der Waals surface area (Å²) in [6.07, 6.45) is -16.9. The van der Waals surface area contributed by atoms with Gasteiger partial charge in [-0.15, -0.1) is 0 Å². The molecule has 0 bridgehead atoms. The Morgan fingerprint density at radius 3 is 1.86 bits per heavy atom. The van der Waals surface area contributed by atoms with Crippen molar-refractivity contribution in [2.75, 3.05) is 5.32 Å². The highest BCUT2D eigenvalue weighted by molar-refractivity contribution is 6.30. The van der Waals surface area contributed by atoms with Crippen molar-refractivity contribution in [3.63, 3.8) is 0 Å². The quantitative estimate of drug-likeness (QED) is 0.346. The van der Waals surface area contributed by atoms with Crippen LogP contribution in [0.3, 0.4) is 0 Å².